The highest BCUT2D eigenvalue weighted by atomic mass is 35.5. The van der Waals surface area contributed by atoms with Crippen molar-refractivity contribution < 1.29 is 13.5 Å². The van der Waals surface area contributed by atoms with E-state index < -0.39 is 16.1 Å². The molecule has 1 atom stereocenters. The van der Waals surface area contributed by atoms with E-state index in [4.69, 9.17) is 11.6 Å². The maximum absolute atomic E-state index is 12.4. The molecule has 0 aliphatic heterocycles. The van der Waals surface area contributed by atoms with Gasteiger partial charge < -0.3 is 9.67 Å². The summed E-state index contributed by atoms with van der Waals surface area (Å²) in [5.41, 5.74) is 2.48. The Hall–Kier alpha value is -2.54. The molecule has 1 heterocycles. The molecule has 3 aromatic carbocycles. The maximum atomic E-state index is 12.4. The number of halogens is 1. The highest BCUT2D eigenvalue weighted by Crippen LogP contribution is 2.29. The molecule has 7 heteroatoms. The topological polar surface area (TPSA) is 62.5 Å². The number of sulfonamides is 1. The molecule has 4 aromatic rings. The zero-order chi connectivity index (χ0) is 20.6. The summed E-state index contributed by atoms with van der Waals surface area (Å²) in [6.07, 6.45) is 0.231. The number of hydrogen-bond acceptors (Lipinski definition) is 3. The molecule has 1 unspecified atom stereocenters. The molecule has 1 N–H and O–H groups in total. The van der Waals surface area contributed by atoms with Crippen LogP contribution in [0, 0.1) is 0 Å². The normalized spacial score (nSPS) is 13.1. The van der Waals surface area contributed by atoms with Gasteiger partial charge in [-0.25, -0.2) is 8.42 Å². The molecule has 0 fully saturated rings. The average Bonchev–Trinajstić information content (AvgIpc) is 3.00. The minimum absolute atomic E-state index is 0.0543. The van der Waals surface area contributed by atoms with Gasteiger partial charge in [0, 0.05) is 26.8 Å². The van der Waals surface area contributed by atoms with Crippen LogP contribution in [0.5, 0.6) is 0 Å². The molecule has 4 rings (SSSR count). The van der Waals surface area contributed by atoms with Crippen molar-refractivity contribution in [3.8, 4) is 0 Å². The fraction of sp³-hybridized carbons (Fsp3) is 0.182. The van der Waals surface area contributed by atoms with Crippen LogP contribution >= 0.6 is 11.6 Å². The van der Waals surface area contributed by atoms with Gasteiger partial charge in [0.2, 0.25) is 10.0 Å². The van der Waals surface area contributed by atoms with Gasteiger partial charge in [-0.15, -0.1) is 0 Å². The molecule has 0 radical (unpaired) electrons. The molecule has 0 amide bonds. The second-order valence-corrected chi connectivity index (χ2v) is 9.41. The second kappa shape index (κ2) is 7.71. The summed E-state index contributed by atoms with van der Waals surface area (Å²) in [4.78, 5) is 0. The Morgan fingerprint density at radius 1 is 0.931 bits per heavy atom. The molecule has 150 valence electrons. The lowest BCUT2D eigenvalue weighted by Crippen LogP contribution is -2.38. The van der Waals surface area contributed by atoms with Crippen LogP contribution in [0.25, 0.3) is 21.8 Å². The Morgan fingerprint density at radius 3 is 1.97 bits per heavy atom. The largest absolute Gasteiger partial charge is 0.389 e. The van der Waals surface area contributed by atoms with Crippen molar-refractivity contribution in [3.05, 3.63) is 77.8 Å². The van der Waals surface area contributed by atoms with Crippen molar-refractivity contribution >= 4 is 49.1 Å². The van der Waals surface area contributed by atoms with Gasteiger partial charge in [-0.3, -0.25) is 4.31 Å². The quantitative estimate of drug-likeness (QED) is 0.498. The van der Waals surface area contributed by atoms with Crippen LogP contribution in [0.3, 0.4) is 0 Å². The highest BCUT2D eigenvalue weighted by molar-refractivity contribution is 7.92. The van der Waals surface area contributed by atoms with Gasteiger partial charge in [-0.1, -0.05) is 48.0 Å². The molecule has 0 bridgehead atoms. The molecular formula is C22H21ClN2O3S. The van der Waals surface area contributed by atoms with E-state index in [1.807, 2.05) is 41.0 Å². The third-order valence-corrected chi connectivity index (χ3v) is 6.38. The van der Waals surface area contributed by atoms with Crippen molar-refractivity contribution in [2.45, 2.75) is 12.6 Å². The lowest BCUT2D eigenvalue weighted by molar-refractivity contribution is 0.166. The van der Waals surface area contributed by atoms with E-state index in [1.165, 1.54) is 4.31 Å². The molecule has 1 aromatic heterocycles. The van der Waals surface area contributed by atoms with Crippen LogP contribution < -0.4 is 4.31 Å². The van der Waals surface area contributed by atoms with E-state index in [9.17, 15) is 13.5 Å². The lowest BCUT2D eigenvalue weighted by atomic mass is 10.2. The Balaban J connectivity index is 1.68. The third kappa shape index (κ3) is 3.96. The summed E-state index contributed by atoms with van der Waals surface area (Å²) < 4.78 is 28.0. The van der Waals surface area contributed by atoms with Crippen LogP contribution in [0.1, 0.15) is 0 Å². The fourth-order valence-corrected chi connectivity index (χ4v) is 4.77. The number of nitrogens with zero attached hydrogens (tertiary/aromatic N) is 2. The summed E-state index contributed by atoms with van der Waals surface area (Å²) in [5, 5.41) is 13.6. The number of aliphatic hydroxyl groups is 1. The highest BCUT2D eigenvalue weighted by Gasteiger charge is 2.22. The van der Waals surface area contributed by atoms with E-state index in [0.717, 1.165) is 28.1 Å². The number of aromatic nitrogens is 1. The minimum atomic E-state index is -3.57. The maximum Gasteiger partial charge on any atom is 0.232 e. The van der Waals surface area contributed by atoms with Crippen LogP contribution in [-0.4, -0.2) is 37.0 Å². The SMILES string of the molecule is CS(=O)(=O)N(CC(O)Cn1c2ccccc2c2ccccc21)c1ccc(Cl)cc1. The van der Waals surface area contributed by atoms with Crippen molar-refractivity contribution in [1.82, 2.24) is 4.57 Å². The molecule has 0 aliphatic carbocycles. The zero-order valence-corrected chi connectivity index (χ0v) is 17.4. The van der Waals surface area contributed by atoms with E-state index in [1.54, 1.807) is 24.3 Å². The fourth-order valence-electron chi connectivity index (χ4n) is 3.70. The number of benzene rings is 3. The van der Waals surface area contributed by atoms with Crippen molar-refractivity contribution in [1.29, 1.82) is 0 Å². The number of anilines is 1. The number of fused-ring (bicyclic) bond motifs is 3. The van der Waals surface area contributed by atoms with Crippen molar-refractivity contribution in [2.75, 3.05) is 17.1 Å². The third-order valence-electron chi connectivity index (χ3n) is 4.96. The lowest BCUT2D eigenvalue weighted by Gasteiger charge is -2.25. The molecule has 0 aliphatic rings. The summed E-state index contributed by atoms with van der Waals surface area (Å²) in [6.45, 7) is 0.217. The monoisotopic (exact) mass is 428 g/mol. The van der Waals surface area contributed by atoms with E-state index >= 15 is 0 Å². The first-order valence-electron chi connectivity index (χ1n) is 9.22. The number of para-hydroxylation sites is 2. The standard InChI is InChI=1S/C22H21ClN2O3S/c1-29(27,28)25(17-12-10-16(23)11-13-17)15-18(26)14-24-21-8-4-2-6-19(21)20-7-3-5-9-22(20)24/h2-13,18,26H,14-15H2,1H3. The Labute approximate surface area is 174 Å². The summed E-state index contributed by atoms with van der Waals surface area (Å²) in [6, 6.07) is 22.6. The Morgan fingerprint density at radius 2 is 1.45 bits per heavy atom. The molecule has 0 spiro atoms. The zero-order valence-electron chi connectivity index (χ0n) is 15.9. The summed E-state index contributed by atoms with van der Waals surface area (Å²) in [5.74, 6) is 0. The molecule has 0 saturated heterocycles. The van der Waals surface area contributed by atoms with Crippen LogP contribution in [0.4, 0.5) is 5.69 Å². The molecular weight excluding hydrogens is 408 g/mol. The number of rotatable bonds is 6. The van der Waals surface area contributed by atoms with E-state index in [2.05, 4.69) is 12.1 Å². The predicted molar refractivity (Wildman–Crippen MR) is 119 cm³/mol. The van der Waals surface area contributed by atoms with Gasteiger partial charge in [-0.2, -0.15) is 0 Å². The first-order valence-corrected chi connectivity index (χ1v) is 11.4. The van der Waals surface area contributed by atoms with Crippen molar-refractivity contribution in [3.63, 3.8) is 0 Å². The van der Waals surface area contributed by atoms with Gasteiger partial charge in [0.05, 0.1) is 31.1 Å². The van der Waals surface area contributed by atoms with Crippen LogP contribution in [0.2, 0.25) is 5.02 Å². The van der Waals surface area contributed by atoms with Gasteiger partial charge >= 0.3 is 0 Å². The molecule has 5 nitrogen and oxygen atoms in total. The van der Waals surface area contributed by atoms with E-state index in [-0.39, 0.29) is 13.1 Å². The van der Waals surface area contributed by atoms with E-state index in [0.29, 0.717) is 10.7 Å². The predicted octanol–water partition coefficient (Wildman–Crippen LogP) is 4.28. The van der Waals surface area contributed by atoms with Gasteiger partial charge in [0.1, 0.15) is 0 Å². The molecule has 0 saturated carbocycles. The van der Waals surface area contributed by atoms with Crippen LogP contribution in [0.15, 0.2) is 72.8 Å². The number of hydrogen-bond donors (Lipinski definition) is 1. The van der Waals surface area contributed by atoms with Gasteiger partial charge in [0.25, 0.3) is 0 Å². The average molecular weight is 429 g/mol. The Bertz CT molecular complexity index is 1210. The number of aliphatic hydroxyl groups excluding tert-OH is 1. The summed E-state index contributed by atoms with van der Waals surface area (Å²) >= 11 is 5.92. The minimum Gasteiger partial charge on any atom is -0.389 e. The van der Waals surface area contributed by atoms with Crippen LogP contribution in [-0.2, 0) is 16.6 Å². The van der Waals surface area contributed by atoms with Crippen molar-refractivity contribution in [2.24, 2.45) is 0 Å². The Kier molecular flexibility index (Phi) is 5.25. The smallest absolute Gasteiger partial charge is 0.232 e. The van der Waals surface area contributed by atoms with Gasteiger partial charge in [-0.05, 0) is 36.4 Å². The molecule has 29 heavy (non-hydrogen) atoms. The first kappa shape index (κ1) is 19.8. The summed E-state index contributed by atoms with van der Waals surface area (Å²) in [7, 11) is -3.57. The first-order chi connectivity index (χ1) is 13.8. The van der Waals surface area contributed by atoms with Gasteiger partial charge in [0.15, 0.2) is 0 Å². The second-order valence-electron chi connectivity index (χ2n) is 7.07.